The van der Waals surface area contributed by atoms with Gasteiger partial charge in [-0.25, -0.2) is 4.79 Å². The minimum Gasteiger partial charge on any atom is -0.478 e. The Hall–Kier alpha value is -2.88. The highest BCUT2D eigenvalue weighted by Crippen LogP contribution is 2.26. The predicted molar refractivity (Wildman–Crippen MR) is 76.1 cm³/mol. The van der Waals surface area contributed by atoms with E-state index in [1.165, 1.54) is 0 Å². The van der Waals surface area contributed by atoms with E-state index in [-0.39, 0.29) is 5.56 Å². The van der Waals surface area contributed by atoms with Gasteiger partial charge in [-0.2, -0.15) is 0 Å². The highest BCUT2D eigenvalue weighted by atomic mass is 16.4. The molecule has 3 aromatic rings. The Labute approximate surface area is 114 Å². The largest absolute Gasteiger partial charge is 0.478 e. The van der Waals surface area contributed by atoms with Crippen LogP contribution in [0.3, 0.4) is 0 Å². The first-order chi connectivity index (χ1) is 9.69. The molecule has 0 saturated carbocycles. The van der Waals surface area contributed by atoms with Crippen LogP contribution < -0.4 is 0 Å². The Bertz CT molecular complexity index is 817. The Balaban J connectivity index is 2.16. The monoisotopic (exact) mass is 265 g/mol. The van der Waals surface area contributed by atoms with Crippen LogP contribution in [-0.4, -0.2) is 22.3 Å². The molecule has 2 N–H and O–H groups in total. The zero-order chi connectivity index (χ0) is 14.1. The third-order valence-corrected chi connectivity index (χ3v) is 3.28. The summed E-state index contributed by atoms with van der Waals surface area (Å²) in [5.41, 5.74) is 3.40. The standard InChI is InChI=1S/C16H11NO3/c18-9-13-8-17-15-5-4-11(7-14(13)15)10-2-1-3-12(6-10)16(19)20/h1-9,17H,(H,19,20). The van der Waals surface area contributed by atoms with Gasteiger partial charge in [0.1, 0.15) is 0 Å². The first kappa shape index (κ1) is 12.2. The average Bonchev–Trinajstić information content (AvgIpc) is 2.89. The summed E-state index contributed by atoms with van der Waals surface area (Å²) in [6.07, 6.45) is 2.46. The summed E-state index contributed by atoms with van der Waals surface area (Å²) in [6.45, 7) is 0. The number of hydrogen-bond donors (Lipinski definition) is 2. The van der Waals surface area contributed by atoms with Crippen LogP contribution in [0.2, 0.25) is 0 Å². The first-order valence-electron chi connectivity index (χ1n) is 6.09. The van der Waals surface area contributed by atoms with E-state index in [1.807, 2.05) is 24.3 Å². The molecule has 1 heterocycles. The summed E-state index contributed by atoms with van der Waals surface area (Å²) in [6, 6.07) is 12.4. The number of fused-ring (bicyclic) bond motifs is 1. The van der Waals surface area contributed by atoms with Crippen molar-refractivity contribution < 1.29 is 14.7 Å². The van der Waals surface area contributed by atoms with Gasteiger partial charge in [0.25, 0.3) is 0 Å². The van der Waals surface area contributed by atoms with Gasteiger partial charge in [0.05, 0.1) is 5.56 Å². The SMILES string of the molecule is O=Cc1c[nH]c2ccc(-c3cccc(C(=O)O)c3)cc12. The van der Waals surface area contributed by atoms with E-state index in [9.17, 15) is 9.59 Å². The summed E-state index contributed by atoms with van der Waals surface area (Å²) in [7, 11) is 0. The van der Waals surface area contributed by atoms with Crippen molar-refractivity contribution in [1.29, 1.82) is 0 Å². The third-order valence-electron chi connectivity index (χ3n) is 3.28. The fourth-order valence-electron chi connectivity index (χ4n) is 2.25. The Morgan fingerprint density at radius 2 is 1.90 bits per heavy atom. The van der Waals surface area contributed by atoms with Gasteiger partial charge in [-0.05, 0) is 35.4 Å². The smallest absolute Gasteiger partial charge is 0.335 e. The van der Waals surface area contributed by atoms with E-state index in [2.05, 4.69) is 4.98 Å². The molecule has 2 aromatic carbocycles. The zero-order valence-electron chi connectivity index (χ0n) is 10.5. The van der Waals surface area contributed by atoms with E-state index in [0.29, 0.717) is 5.56 Å². The predicted octanol–water partition coefficient (Wildman–Crippen LogP) is 3.35. The molecule has 0 unspecified atom stereocenters. The van der Waals surface area contributed by atoms with Crippen LogP contribution in [0.5, 0.6) is 0 Å². The second kappa shape index (κ2) is 4.66. The van der Waals surface area contributed by atoms with Gasteiger partial charge in [-0.15, -0.1) is 0 Å². The quantitative estimate of drug-likeness (QED) is 0.713. The molecule has 0 aliphatic carbocycles. The van der Waals surface area contributed by atoms with Gasteiger partial charge in [-0.3, -0.25) is 4.79 Å². The molecule has 0 fully saturated rings. The molecule has 3 rings (SSSR count). The van der Waals surface area contributed by atoms with Gasteiger partial charge in [0, 0.05) is 22.7 Å². The van der Waals surface area contributed by atoms with E-state index < -0.39 is 5.97 Å². The number of carboxylic acid groups (broad SMARTS) is 1. The Morgan fingerprint density at radius 3 is 2.65 bits per heavy atom. The molecule has 4 heteroatoms. The molecule has 98 valence electrons. The van der Waals surface area contributed by atoms with E-state index in [1.54, 1.807) is 24.4 Å². The topological polar surface area (TPSA) is 70.2 Å². The van der Waals surface area contributed by atoms with Gasteiger partial charge < -0.3 is 10.1 Å². The molecule has 0 saturated heterocycles. The second-order valence-electron chi connectivity index (χ2n) is 4.51. The number of benzene rings is 2. The minimum absolute atomic E-state index is 0.243. The van der Waals surface area contributed by atoms with Crippen molar-refractivity contribution in [2.45, 2.75) is 0 Å². The maximum atomic E-state index is 11.0. The van der Waals surface area contributed by atoms with Crippen molar-refractivity contribution >= 4 is 23.2 Å². The van der Waals surface area contributed by atoms with Gasteiger partial charge in [0.2, 0.25) is 0 Å². The van der Waals surface area contributed by atoms with Crippen molar-refractivity contribution in [2.24, 2.45) is 0 Å². The molecule has 4 nitrogen and oxygen atoms in total. The second-order valence-corrected chi connectivity index (χ2v) is 4.51. The van der Waals surface area contributed by atoms with Crippen LogP contribution in [0.15, 0.2) is 48.7 Å². The number of aromatic carboxylic acids is 1. The van der Waals surface area contributed by atoms with Gasteiger partial charge in [0.15, 0.2) is 6.29 Å². The summed E-state index contributed by atoms with van der Waals surface area (Å²) < 4.78 is 0. The lowest BCUT2D eigenvalue weighted by atomic mass is 10.0. The number of carbonyl (C=O) groups is 2. The Morgan fingerprint density at radius 1 is 1.10 bits per heavy atom. The molecule has 0 aliphatic rings. The van der Waals surface area contributed by atoms with Crippen molar-refractivity contribution in [3.63, 3.8) is 0 Å². The molecule has 1 aromatic heterocycles. The van der Waals surface area contributed by atoms with Crippen LogP contribution >= 0.6 is 0 Å². The minimum atomic E-state index is -0.955. The van der Waals surface area contributed by atoms with Crippen molar-refractivity contribution in [3.05, 3.63) is 59.8 Å². The fraction of sp³-hybridized carbons (Fsp3) is 0. The molecule has 0 atom stereocenters. The summed E-state index contributed by atoms with van der Waals surface area (Å²) >= 11 is 0. The van der Waals surface area contributed by atoms with Gasteiger partial charge in [-0.1, -0.05) is 18.2 Å². The number of H-pyrrole nitrogens is 1. The number of aromatic nitrogens is 1. The van der Waals surface area contributed by atoms with Crippen LogP contribution in [0.1, 0.15) is 20.7 Å². The highest BCUT2D eigenvalue weighted by Gasteiger charge is 2.07. The van der Waals surface area contributed by atoms with E-state index in [4.69, 9.17) is 5.11 Å². The molecule has 0 radical (unpaired) electrons. The Kier molecular flexibility index (Phi) is 2.84. The van der Waals surface area contributed by atoms with Crippen LogP contribution in [0.4, 0.5) is 0 Å². The van der Waals surface area contributed by atoms with E-state index in [0.717, 1.165) is 28.3 Å². The maximum Gasteiger partial charge on any atom is 0.335 e. The highest BCUT2D eigenvalue weighted by molar-refractivity contribution is 5.99. The van der Waals surface area contributed by atoms with Crippen LogP contribution in [0, 0.1) is 0 Å². The molecular formula is C16H11NO3. The van der Waals surface area contributed by atoms with Crippen molar-refractivity contribution in [3.8, 4) is 11.1 Å². The van der Waals surface area contributed by atoms with Gasteiger partial charge >= 0.3 is 5.97 Å². The number of aromatic amines is 1. The summed E-state index contributed by atoms with van der Waals surface area (Å²) in [4.78, 5) is 25.0. The molecule has 0 bridgehead atoms. The number of nitrogens with one attached hydrogen (secondary N) is 1. The number of rotatable bonds is 3. The lowest BCUT2D eigenvalue weighted by Crippen LogP contribution is -1.95. The first-order valence-corrected chi connectivity index (χ1v) is 6.09. The molecular weight excluding hydrogens is 254 g/mol. The lowest BCUT2D eigenvalue weighted by molar-refractivity contribution is 0.0696. The fourth-order valence-corrected chi connectivity index (χ4v) is 2.25. The third kappa shape index (κ3) is 1.97. The van der Waals surface area contributed by atoms with Crippen LogP contribution in [-0.2, 0) is 0 Å². The summed E-state index contributed by atoms with van der Waals surface area (Å²) in [5.74, 6) is -0.955. The normalized spacial score (nSPS) is 10.6. The molecule has 20 heavy (non-hydrogen) atoms. The van der Waals surface area contributed by atoms with E-state index >= 15 is 0 Å². The number of hydrogen-bond acceptors (Lipinski definition) is 2. The average molecular weight is 265 g/mol. The lowest BCUT2D eigenvalue weighted by Gasteiger charge is -2.04. The van der Waals surface area contributed by atoms with Crippen LogP contribution in [0.25, 0.3) is 22.0 Å². The molecule has 0 spiro atoms. The maximum absolute atomic E-state index is 11.0. The number of carbonyl (C=O) groups excluding carboxylic acids is 1. The number of carboxylic acids is 1. The zero-order valence-corrected chi connectivity index (χ0v) is 10.5. The number of aldehydes is 1. The van der Waals surface area contributed by atoms with Crippen molar-refractivity contribution in [1.82, 2.24) is 4.98 Å². The molecule has 0 amide bonds. The summed E-state index contributed by atoms with van der Waals surface area (Å²) in [5, 5.41) is 9.86. The molecule has 0 aliphatic heterocycles. The van der Waals surface area contributed by atoms with Crippen molar-refractivity contribution in [2.75, 3.05) is 0 Å².